The van der Waals surface area contributed by atoms with Gasteiger partial charge in [-0.3, -0.25) is 0 Å². The summed E-state index contributed by atoms with van der Waals surface area (Å²) in [6.07, 6.45) is 4.60. The fourth-order valence-electron chi connectivity index (χ4n) is 1.97. The van der Waals surface area contributed by atoms with Crippen LogP contribution in [0.4, 0.5) is 0 Å². The second kappa shape index (κ2) is 7.78. The monoisotopic (exact) mass is 333 g/mol. The molecule has 0 atom stereocenters. The van der Waals surface area contributed by atoms with Crippen molar-refractivity contribution in [1.29, 1.82) is 0 Å². The van der Waals surface area contributed by atoms with Crippen LogP contribution in [0.1, 0.15) is 39.3 Å². The van der Waals surface area contributed by atoms with Crippen molar-refractivity contribution in [3.8, 4) is 11.5 Å². The first-order chi connectivity index (χ1) is 11.0. The summed E-state index contributed by atoms with van der Waals surface area (Å²) in [4.78, 5) is 15.8. The van der Waals surface area contributed by atoms with E-state index in [0.717, 1.165) is 12.0 Å². The van der Waals surface area contributed by atoms with Gasteiger partial charge in [0.2, 0.25) is 0 Å². The second-order valence-corrected chi connectivity index (χ2v) is 6.09. The summed E-state index contributed by atoms with van der Waals surface area (Å²) in [5, 5.41) is 9.68. The summed E-state index contributed by atoms with van der Waals surface area (Å²) in [5.74, 6) is 0.379. The first-order valence-corrected chi connectivity index (χ1v) is 8.06. The molecule has 1 N–H and O–H groups in total. The second-order valence-electron chi connectivity index (χ2n) is 4.85. The third kappa shape index (κ3) is 4.32. The van der Waals surface area contributed by atoms with Gasteiger partial charge in [0.15, 0.2) is 17.2 Å². The van der Waals surface area contributed by atoms with Gasteiger partial charge in [-0.25, -0.2) is 9.78 Å². The Kier molecular flexibility index (Phi) is 5.76. The number of benzene rings is 1. The molecule has 1 heterocycles. The van der Waals surface area contributed by atoms with Crippen LogP contribution >= 0.6 is 11.3 Å². The number of carbonyl (C=O) groups is 1. The van der Waals surface area contributed by atoms with Crippen molar-refractivity contribution < 1.29 is 19.4 Å². The standard InChI is InChI=1S/C17H19NO4S/c1-4-9-22-13-7-5-12(10-14(13)21-3)6-8-15-18-16(17(19)20)11(2)23-15/h5-8,10H,4,9H2,1-3H3,(H,19,20)/b8-6+. The Hall–Kier alpha value is -2.34. The van der Waals surface area contributed by atoms with E-state index in [-0.39, 0.29) is 5.69 Å². The van der Waals surface area contributed by atoms with Crippen LogP contribution in [0.25, 0.3) is 12.2 Å². The molecular formula is C17H19NO4S. The van der Waals surface area contributed by atoms with Crippen LogP contribution in [0.3, 0.4) is 0 Å². The Balaban J connectivity index is 2.19. The number of ether oxygens (including phenoxy) is 2. The van der Waals surface area contributed by atoms with Crippen LogP contribution in [0.15, 0.2) is 18.2 Å². The van der Waals surface area contributed by atoms with Gasteiger partial charge in [-0.05, 0) is 37.1 Å². The predicted molar refractivity (Wildman–Crippen MR) is 91.5 cm³/mol. The molecule has 1 aromatic carbocycles. The lowest BCUT2D eigenvalue weighted by molar-refractivity contribution is 0.0690. The minimum Gasteiger partial charge on any atom is -0.493 e. The Bertz CT molecular complexity index is 721. The number of carboxylic acid groups (broad SMARTS) is 1. The number of methoxy groups -OCH3 is 1. The van der Waals surface area contributed by atoms with Gasteiger partial charge in [-0.15, -0.1) is 11.3 Å². The molecule has 122 valence electrons. The van der Waals surface area contributed by atoms with E-state index in [0.29, 0.717) is 28.0 Å². The number of nitrogens with zero attached hydrogens (tertiary/aromatic N) is 1. The summed E-state index contributed by atoms with van der Waals surface area (Å²) in [6.45, 7) is 4.44. The van der Waals surface area contributed by atoms with E-state index in [1.807, 2.05) is 31.2 Å². The maximum atomic E-state index is 11.0. The molecule has 0 saturated carbocycles. The van der Waals surface area contributed by atoms with E-state index in [1.165, 1.54) is 11.3 Å². The van der Waals surface area contributed by atoms with Crippen molar-refractivity contribution in [2.24, 2.45) is 0 Å². The van der Waals surface area contributed by atoms with Crippen LogP contribution in [-0.2, 0) is 0 Å². The maximum absolute atomic E-state index is 11.0. The van der Waals surface area contributed by atoms with Crippen molar-refractivity contribution in [2.45, 2.75) is 20.3 Å². The highest BCUT2D eigenvalue weighted by Gasteiger charge is 2.12. The zero-order valence-electron chi connectivity index (χ0n) is 13.3. The number of carboxylic acids is 1. The van der Waals surface area contributed by atoms with Gasteiger partial charge in [-0.2, -0.15) is 0 Å². The zero-order chi connectivity index (χ0) is 16.8. The Morgan fingerprint density at radius 3 is 2.74 bits per heavy atom. The van der Waals surface area contributed by atoms with Crippen molar-refractivity contribution in [2.75, 3.05) is 13.7 Å². The molecule has 0 radical (unpaired) electrons. The number of aromatic nitrogens is 1. The van der Waals surface area contributed by atoms with E-state index < -0.39 is 5.97 Å². The van der Waals surface area contributed by atoms with E-state index >= 15 is 0 Å². The molecule has 0 bridgehead atoms. The van der Waals surface area contributed by atoms with E-state index in [1.54, 1.807) is 20.1 Å². The van der Waals surface area contributed by atoms with Crippen molar-refractivity contribution in [1.82, 2.24) is 4.98 Å². The molecule has 23 heavy (non-hydrogen) atoms. The van der Waals surface area contributed by atoms with E-state index in [4.69, 9.17) is 14.6 Å². The first-order valence-electron chi connectivity index (χ1n) is 7.24. The molecule has 0 saturated heterocycles. The Morgan fingerprint density at radius 2 is 2.13 bits per heavy atom. The van der Waals surface area contributed by atoms with Gasteiger partial charge >= 0.3 is 5.97 Å². The highest BCUT2D eigenvalue weighted by atomic mass is 32.1. The van der Waals surface area contributed by atoms with E-state index in [2.05, 4.69) is 4.98 Å². The van der Waals surface area contributed by atoms with Crippen molar-refractivity contribution in [3.05, 3.63) is 39.3 Å². The molecule has 5 nitrogen and oxygen atoms in total. The smallest absolute Gasteiger partial charge is 0.355 e. The summed E-state index contributed by atoms with van der Waals surface area (Å²) < 4.78 is 11.0. The molecule has 2 aromatic rings. The van der Waals surface area contributed by atoms with Gasteiger partial charge in [-0.1, -0.05) is 19.1 Å². The first kappa shape index (κ1) is 17.0. The van der Waals surface area contributed by atoms with Gasteiger partial charge in [0.25, 0.3) is 0 Å². The predicted octanol–water partition coefficient (Wildman–Crippen LogP) is 4.12. The summed E-state index contributed by atoms with van der Waals surface area (Å²) in [5.41, 5.74) is 1.03. The molecule has 2 rings (SSSR count). The van der Waals surface area contributed by atoms with Crippen LogP contribution in [-0.4, -0.2) is 29.8 Å². The largest absolute Gasteiger partial charge is 0.493 e. The fourth-order valence-corrected chi connectivity index (χ4v) is 2.79. The van der Waals surface area contributed by atoms with Gasteiger partial charge in [0.1, 0.15) is 5.01 Å². The third-order valence-electron chi connectivity index (χ3n) is 3.08. The third-order valence-corrected chi connectivity index (χ3v) is 4.02. The minimum atomic E-state index is -1.00. The molecule has 0 spiro atoms. The number of aromatic carboxylic acids is 1. The molecule has 0 aliphatic rings. The lowest BCUT2D eigenvalue weighted by atomic mass is 10.2. The Morgan fingerprint density at radius 1 is 1.35 bits per heavy atom. The normalized spacial score (nSPS) is 10.9. The average molecular weight is 333 g/mol. The average Bonchev–Trinajstić information content (AvgIpc) is 2.92. The van der Waals surface area contributed by atoms with Crippen LogP contribution in [0, 0.1) is 6.92 Å². The number of thiazole rings is 1. The fraction of sp³-hybridized carbons (Fsp3) is 0.294. The highest BCUT2D eigenvalue weighted by Crippen LogP contribution is 2.29. The topological polar surface area (TPSA) is 68.7 Å². The molecule has 0 unspecified atom stereocenters. The lowest BCUT2D eigenvalue weighted by Crippen LogP contribution is -1.98. The minimum absolute atomic E-state index is 0.107. The molecule has 0 fully saturated rings. The Labute approximate surface area is 139 Å². The lowest BCUT2D eigenvalue weighted by Gasteiger charge is -2.10. The maximum Gasteiger partial charge on any atom is 0.355 e. The van der Waals surface area contributed by atoms with Crippen LogP contribution < -0.4 is 9.47 Å². The van der Waals surface area contributed by atoms with Crippen molar-refractivity contribution in [3.63, 3.8) is 0 Å². The zero-order valence-corrected chi connectivity index (χ0v) is 14.1. The molecule has 6 heteroatoms. The van der Waals surface area contributed by atoms with Gasteiger partial charge in [0, 0.05) is 4.88 Å². The molecule has 0 amide bonds. The van der Waals surface area contributed by atoms with Gasteiger partial charge in [0.05, 0.1) is 13.7 Å². The summed E-state index contributed by atoms with van der Waals surface area (Å²) in [7, 11) is 1.60. The van der Waals surface area contributed by atoms with Crippen LogP contribution in [0.2, 0.25) is 0 Å². The molecule has 1 aromatic heterocycles. The van der Waals surface area contributed by atoms with Crippen molar-refractivity contribution >= 4 is 29.5 Å². The van der Waals surface area contributed by atoms with Gasteiger partial charge < -0.3 is 14.6 Å². The molecule has 0 aliphatic carbocycles. The van der Waals surface area contributed by atoms with Crippen LogP contribution in [0.5, 0.6) is 11.5 Å². The summed E-state index contributed by atoms with van der Waals surface area (Å²) >= 11 is 1.35. The molecular weight excluding hydrogens is 314 g/mol. The quantitative estimate of drug-likeness (QED) is 0.825. The number of hydrogen-bond acceptors (Lipinski definition) is 5. The number of hydrogen-bond donors (Lipinski definition) is 1. The highest BCUT2D eigenvalue weighted by molar-refractivity contribution is 7.12. The number of aryl methyl sites for hydroxylation is 1. The summed E-state index contributed by atoms with van der Waals surface area (Å²) in [6, 6.07) is 5.66. The molecule has 0 aliphatic heterocycles. The SMILES string of the molecule is CCCOc1ccc(/C=C/c2nc(C(=O)O)c(C)s2)cc1OC. The van der Waals surface area contributed by atoms with E-state index in [9.17, 15) is 4.79 Å². The number of rotatable bonds is 7.